The average molecular weight is 449 g/mol. The third kappa shape index (κ3) is 5.22. The molecule has 1 fully saturated rings. The molecule has 2 aliphatic heterocycles. The highest BCUT2D eigenvalue weighted by atomic mass is 16.2. The summed E-state index contributed by atoms with van der Waals surface area (Å²) in [6.07, 6.45) is 4.65. The molecular weight excluding hydrogens is 412 g/mol. The van der Waals surface area contributed by atoms with Crippen LogP contribution in [-0.4, -0.2) is 49.9 Å². The highest BCUT2D eigenvalue weighted by Crippen LogP contribution is 2.32. The van der Waals surface area contributed by atoms with Crippen molar-refractivity contribution in [2.75, 3.05) is 43.4 Å². The van der Waals surface area contributed by atoms with E-state index < -0.39 is 11.8 Å². The maximum Gasteiger partial charge on any atom is 0.313 e. The number of carbonyl (C=O) groups is 2. The van der Waals surface area contributed by atoms with Crippen LogP contribution in [0.1, 0.15) is 53.1 Å². The first-order valence-electron chi connectivity index (χ1n) is 12.1. The van der Waals surface area contributed by atoms with Gasteiger partial charge in [0.05, 0.1) is 6.04 Å². The van der Waals surface area contributed by atoms with Crippen LogP contribution >= 0.6 is 0 Å². The van der Waals surface area contributed by atoms with Crippen molar-refractivity contribution in [3.8, 4) is 0 Å². The number of hydrogen-bond acceptors (Lipinski definition) is 4. The molecule has 1 saturated heterocycles. The Bertz CT molecular complexity index is 1020. The van der Waals surface area contributed by atoms with Gasteiger partial charge in [0.2, 0.25) is 0 Å². The van der Waals surface area contributed by atoms with E-state index in [1.165, 1.54) is 36.1 Å². The number of anilines is 2. The maximum atomic E-state index is 12.7. The van der Waals surface area contributed by atoms with Gasteiger partial charge in [-0.15, -0.1) is 0 Å². The van der Waals surface area contributed by atoms with E-state index in [1.54, 1.807) is 0 Å². The highest BCUT2D eigenvalue weighted by Gasteiger charge is 2.26. The fraction of sp³-hybridized carbons (Fsp3) is 0.481. The molecule has 2 aliphatic rings. The molecule has 2 amide bonds. The SMILES string of the molecule is Cc1cc(C)c(NC(=O)C(=O)NC[C@H](c2ccc3c(c2)CCN3C)N2CCCCC2)c(C)c1. The van der Waals surface area contributed by atoms with Gasteiger partial charge in [-0.3, -0.25) is 14.5 Å². The van der Waals surface area contributed by atoms with Gasteiger partial charge in [0.25, 0.3) is 0 Å². The van der Waals surface area contributed by atoms with Crippen molar-refractivity contribution in [1.82, 2.24) is 10.2 Å². The average Bonchev–Trinajstić information content (AvgIpc) is 3.17. The molecule has 0 radical (unpaired) electrons. The molecule has 33 heavy (non-hydrogen) atoms. The van der Waals surface area contributed by atoms with Crippen LogP contribution in [0.3, 0.4) is 0 Å². The van der Waals surface area contributed by atoms with Crippen LogP contribution in [0.4, 0.5) is 11.4 Å². The summed E-state index contributed by atoms with van der Waals surface area (Å²) in [5.74, 6) is -1.20. The van der Waals surface area contributed by atoms with Crippen molar-refractivity contribution < 1.29 is 9.59 Å². The molecule has 176 valence electrons. The van der Waals surface area contributed by atoms with Crippen LogP contribution in [0.2, 0.25) is 0 Å². The second kappa shape index (κ2) is 9.96. The number of benzene rings is 2. The van der Waals surface area contributed by atoms with E-state index in [2.05, 4.69) is 45.7 Å². The van der Waals surface area contributed by atoms with Crippen molar-refractivity contribution >= 4 is 23.2 Å². The normalized spacial score (nSPS) is 16.9. The molecule has 0 aliphatic carbocycles. The minimum atomic E-state index is -0.613. The van der Waals surface area contributed by atoms with Crippen LogP contribution in [0.5, 0.6) is 0 Å². The molecule has 1 atom stereocenters. The topological polar surface area (TPSA) is 64.7 Å². The minimum absolute atomic E-state index is 0.0705. The first-order chi connectivity index (χ1) is 15.8. The molecule has 2 aromatic rings. The number of aryl methyl sites for hydroxylation is 3. The quantitative estimate of drug-likeness (QED) is 0.682. The lowest BCUT2D eigenvalue weighted by Gasteiger charge is -2.35. The van der Waals surface area contributed by atoms with Crippen molar-refractivity contribution in [3.05, 3.63) is 58.1 Å². The van der Waals surface area contributed by atoms with Gasteiger partial charge in [0.15, 0.2) is 0 Å². The van der Waals surface area contributed by atoms with Gasteiger partial charge in [-0.2, -0.15) is 0 Å². The number of hydrogen-bond donors (Lipinski definition) is 2. The largest absolute Gasteiger partial charge is 0.374 e. The number of piperidine rings is 1. The molecule has 6 heteroatoms. The van der Waals surface area contributed by atoms with Crippen LogP contribution < -0.4 is 15.5 Å². The Morgan fingerprint density at radius 2 is 1.64 bits per heavy atom. The molecule has 6 nitrogen and oxygen atoms in total. The zero-order valence-electron chi connectivity index (χ0n) is 20.3. The van der Waals surface area contributed by atoms with Crippen molar-refractivity contribution in [2.45, 2.75) is 52.5 Å². The van der Waals surface area contributed by atoms with Crippen molar-refractivity contribution in [3.63, 3.8) is 0 Å². The summed E-state index contributed by atoms with van der Waals surface area (Å²) in [6, 6.07) is 10.8. The summed E-state index contributed by atoms with van der Waals surface area (Å²) < 4.78 is 0. The zero-order chi connectivity index (χ0) is 23.5. The van der Waals surface area contributed by atoms with Gasteiger partial charge < -0.3 is 15.5 Å². The second-order valence-corrected chi connectivity index (χ2v) is 9.61. The van der Waals surface area contributed by atoms with Gasteiger partial charge in [0.1, 0.15) is 0 Å². The zero-order valence-corrected chi connectivity index (χ0v) is 20.3. The Hall–Kier alpha value is -2.86. The van der Waals surface area contributed by atoms with E-state index in [9.17, 15) is 9.59 Å². The molecule has 0 aromatic heterocycles. The molecule has 2 heterocycles. The van der Waals surface area contributed by atoms with Gasteiger partial charge in [-0.05, 0) is 81.4 Å². The number of likely N-dealkylation sites (N-methyl/N-ethyl adjacent to an activating group) is 1. The summed E-state index contributed by atoms with van der Waals surface area (Å²) >= 11 is 0. The van der Waals surface area contributed by atoms with Crippen LogP contribution in [-0.2, 0) is 16.0 Å². The molecule has 0 spiro atoms. The lowest BCUT2D eigenvalue weighted by atomic mass is 9.98. The molecule has 0 unspecified atom stereocenters. The van der Waals surface area contributed by atoms with Gasteiger partial charge in [0, 0.05) is 31.5 Å². The predicted octanol–water partition coefficient (Wildman–Crippen LogP) is 3.89. The lowest BCUT2D eigenvalue weighted by molar-refractivity contribution is -0.136. The van der Waals surface area contributed by atoms with Gasteiger partial charge >= 0.3 is 11.8 Å². The van der Waals surface area contributed by atoms with E-state index in [-0.39, 0.29) is 6.04 Å². The van der Waals surface area contributed by atoms with Crippen LogP contribution in [0, 0.1) is 20.8 Å². The molecule has 0 bridgehead atoms. The molecule has 0 saturated carbocycles. The van der Waals surface area contributed by atoms with E-state index in [1.807, 2.05) is 32.9 Å². The maximum absolute atomic E-state index is 12.7. The second-order valence-electron chi connectivity index (χ2n) is 9.61. The summed E-state index contributed by atoms with van der Waals surface area (Å²) in [4.78, 5) is 30.2. The summed E-state index contributed by atoms with van der Waals surface area (Å²) in [7, 11) is 2.13. The van der Waals surface area contributed by atoms with E-state index >= 15 is 0 Å². The van der Waals surface area contributed by atoms with Crippen molar-refractivity contribution in [1.29, 1.82) is 0 Å². The Labute approximate surface area is 197 Å². The monoisotopic (exact) mass is 448 g/mol. The van der Waals surface area contributed by atoms with Gasteiger partial charge in [-0.1, -0.05) is 36.2 Å². The number of carbonyl (C=O) groups excluding carboxylic acids is 2. The smallest absolute Gasteiger partial charge is 0.313 e. The number of amides is 2. The fourth-order valence-electron chi connectivity index (χ4n) is 5.30. The Morgan fingerprint density at radius 1 is 0.939 bits per heavy atom. The number of fused-ring (bicyclic) bond motifs is 1. The van der Waals surface area contributed by atoms with Crippen molar-refractivity contribution in [2.24, 2.45) is 0 Å². The number of likely N-dealkylation sites (tertiary alicyclic amines) is 1. The molecular formula is C27H36N4O2. The first-order valence-corrected chi connectivity index (χ1v) is 12.1. The lowest BCUT2D eigenvalue weighted by Crippen LogP contribution is -2.43. The third-order valence-corrected chi connectivity index (χ3v) is 7.03. The predicted molar refractivity (Wildman–Crippen MR) is 134 cm³/mol. The summed E-state index contributed by atoms with van der Waals surface area (Å²) in [5, 5.41) is 5.74. The number of rotatable bonds is 5. The third-order valence-electron chi connectivity index (χ3n) is 7.03. The molecule has 4 rings (SSSR count). The minimum Gasteiger partial charge on any atom is -0.374 e. The van der Waals surface area contributed by atoms with E-state index in [4.69, 9.17) is 0 Å². The van der Waals surface area contributed by atoms with Crippen LogP contribution in [0.15, 0.2) is 30.3 Å². The standard InChI is InChI=1S/C27H36N4O2/c1-18-14-19(2)25(20(3)15-18)29-27(33)26(32)28-17-24(31-11-6-5-7-12-31)21-8-9-23-22(16-21)10-13-30(23)4/h8-9,14-16,24H,5-7,10-13,17H2,1-4H3,(H,28,32)(H,29,33)/t24-/m1/s1. The number of nitrogens with zero attached hydrogens (tertiary/aromatic N) is 2. The Morgan fingerprint density at radius 3 is 2.33 bits per heavy atom. The van der Waals surface area contributed by atoms with E-state index in [0.717, 1.165) is 48.4 Å². The molecule has 2 N–H and O–H groups in total. The Balaban J connectivity index is 1.47. The highest BCUT2D eigenvalue weighted by molar-refractivity contribution is 6.39. The van der Waals surface area contributed by atoms with Crippen LogP contribution in [0.25, 0.3) is 0 Å². The molecule has 2 aromatic carbocycles. The number of nitrogens with one attached hydrogen (secondary N) is 2. The fourth-order valence-corrected chi connectivity index (χ4v) is 5.30. The van der Waals surface area contributed by atoms with E-state index in [0.29, 0.717) is 6.54 Å². The van der Waals surface area contributed by atoms with Gasteiger partial charge in [-0.25, -0.2) is 0 Å². The Kier molecular flexibility index (Phi) is 7.03. The summed E-state index contributed by atoms with van der Waals surface area (Å²) in [6.45, 7) is 9.43. The first kappa shape index (κ1) is 23.3. The summed E-state index contributed by atoms with van der Waals surface area (Å²) in [5.41, 5.74) is 7.66.